The van der Waals surface area contributed by atoms with Crippen LogP contribution in [-0.2, 0) is 0 Å². The fourth-order valence-corrected chi connectivity index (χ4v) is 3.37. The predicted molar refractivity (Wildman–Crippen MR) is 73.8 cm³/mol. The van der Waals surface area contributed by atoms with E-state index in [1.165, 1.54) is 6.42 Å². The van der Waals surface area contributed by atoms with Gasteiger partial charge in [-0.15, -0.1) is 0 Å². The molecule has 1 aliphatic carbocycles. The van der Waals surface area contributed by atoms with Gasteiger partial charge >= 0.3 is 0 Å². The van der Waals surface area contributed by atoms with Crippen LogP contribution in [0.2, 0.25) is 0 Å². The van der Waals surface area contributed by atoms with E-state index >= 15 is 0 Å². The fraction of sp³-hybridized carbons (Fsp3) is 0.571. The Balaban J connectivity index is 1.72. The van der Waals surface area contributed by atoms with Crippen molar-refractivity contribution in [2.24, 2.45) is 23.3 Å². The summed E-state index contributed by atoms with van der Waals surface area (Å²) in [7, 11) is 0. The lowest BCUT2D eigenvalue weighted by molar-refractivity contribution is 0.1000. The minimum absolute atomic E-state index is 0.367. The van der Waals surface area contributed by atoms with Gasteiger partial charge in [0.05, 0.1) is 5.56 Å². The smallest absolute Gasteiger partial charge is 0.250 e. The van der Waals surface area contributed by atoms with E-state index < -0.39 is 5.91 Å². The third-order valence-electron chi connectivity index (χ3n) is 4.45. The molecule has 102 valence electrons. The molecule has 0 aromatic carbocycles. The zero-order valence-electron chi connectivity index (χ0n) is 11.0. The first kappa shape index (κ1) is 12.4. The highest BCUT2D eigenvalue weighted by Gasteiger charge is 2.37. The Bertz CT molecular complexity index is 473. The van der Waals surface area contributed by atoms with Gasteiger partial charge in [-0.25, -0.2) is 4.98 Å². The summed E-state index contributed by atoms with van der Waals surface area (Å²) in [5.41, 5.74) is 11.7. The van der Waals surface area contributed by atoms with Crippen molar-refractivity contribution in [1.29, 1.82) is 0 Å². The van der Waals surface area contributed by atoms with Crippen LogP contribution < -0.4 is 16.4 Å². The number of pyridine rings is 1. The van der Waals surface area contributed by atoms with E-state index in [1.807, 2.05) is 6.07 Å². The molecule has 5 heteroatoms. The molecule has 2 fully saturated rings. The Hall–Kier alpha value is -1.62. The molecule has 1 saturated heterocycles. The number of carbonyl (C=O) groups excluding carboxylic acids is 1. The average molecular weight is 260 g/mol. The van der Waals surface area contributed by atoms with Crippen molar-refractivity contribution in [3.8, 4) is 0 Å². The maximum Gasteiger partial charge on any atom is 0.250 e. The van der Waals surface area contributed by atoms with Gasteiger partial charge in [0.25, 0.3) is 0 Å². The van der Waals surface area contributed by atoms with Gasteiger partial charge in [0.15, 0.2) is 0 Å². The maximum atomic E-state index is 11.0. The lowest BCUT2D eigenvalue weighted by Gasteiger charge is -2.27. The van der Waals surface area contributed by atoms with Crippen molar-refractivity contribution in [3.63, 3.8) is 0 Å². The molecule has 3 rings (SSSR count). The van der Waals surface area contributed by atoms with Crippen LogP contribution in [0.4, 0.5) is 5.82 Å². The molecule has 2 aliphatic rings. The van der Waals surface area contributed by atoms with Crippen LogP contribution >= 0.6 is 0 Å². The van der Waals surface area contributed by atoms with Gasteiger partial charge in [-0.2, -0.15) is 0 Å². The number of amides is 1. The molecule has 0 spiro atoms. The predicted octanol–water partition coefficient (Wildman–Crippen LogP) is 0.744. The summed E-state index contributed by atoms with van der Waals surface area (Å²) in [6.07, 6.45) is 5.05. The number of carbonyl (C=O) groups is 1. The van der Waals surface area contributed by atoms with E-state index in [0.717, 1.165) is 37.7 Å². The summed E-state index contributed by atoms with van der Waals surface area (Å²) in [6.45, 7) is 2.08. The zero-order valence-corrected chi connectivity index (χ0v) is 11.0. The molecule has 2 heterocycles. The number of anilines is 1. The number of aromatic nitrogens is 1. The van der Waals surface area contributed by atoms with Crippen LogP contribution in [0.3, 0.4) is 0 Å². The van der Waals surface area contributed by atoms with Gasteiger partial charge in [-0.3, -0.25) is 4.79 Å². The van der Waals surface area contributed by atoms with Gasteiger partial charge in [0, 0.05) is 25.3 Å². The molecule has 1 unspecified atom stereocenters. The van der Waals surface area contributed by atoms with Crippen molar-refractivity contribution in [1.82, 2.24) is 4.98 Å². The second kappa shape index (κ2) is 4.81. The van der Waals surface area contributed by atoms with Crippen LogP contribution in [0.15, 0.2) is 18.3 Å². The molecule has 1 aliphatic heterocycles. The lowest BCUT2D eigenvalue weighted by atomic mass is 9.79. The van der Waals surface area contributed by atoms with Gasteiger partial charge in [-0.05, 0) is 43.2 Å². The molecule has 3 atom stereocenters. The summed E-state index contributed by atoms with van der Waals surface area (Å²) >= 11 is 0. The Kier molecular flexibility index (Phi) is 3.14. The molecule has 19 heavy (non-hydrogen) atoms. The number of nitrogens with two attached hydrogens (primary N) is 2. The van der Waals surface area contributed by atoms with Crippen molar-refractivity contribution >= 4 is 11.7 Å². The molecule has 1 aromatic rings. The van der Waals surface area contributed by atoms with E-state index in [2.05, 4.69) is 9.88 Å². The maximum absolute atomic E-state index is 11.0. The van der Waals surface area contributed by atoms with Crippen LogP contribution in [0.25, 0.3) is 0 Å². The third kappa shape index (κ3) is 2.42. The Labute approximate surface area is 113 Å². The first-order valence-electron chi connectivity index (χ1n) is 6.90. The molecule has 1 amide bonds. The van der Waals surface area contributed by atoms with Crippen LogP contribution in [0.1, 0.15) is 29.6 Å². The summed E-state index contributed by atoms with van der Waals surface area (Å²) in [4.78, 5) is 17.7. The van der Waals surface area contributed by atoms with Crippen LogP contribution in [-0.4, -0.2) is 30.0 Å². The molecular formula is C14H20N4O. The van der Waals surface area contributed by atoms with Crippen LogP contribution in [0, 0.1) is 11.8 Å². The molecule has 1 saturated carbocycles. The number of rotatable bonds is 2. The Morgan fingerprint density at radius 3 is 2.74 bits per heavy atom. The van der Waals surface area contributed by atoms with Gasteiger partial charge in [0.1, 0.15) is 5.82 Å². The van der Waals surface area contributed by atoms with Gasteiger partial charge in [-0.1, -0.05) is 0 Å². The second-order valence-electron chi connectivity index (χ2n) is 5.77. The summed E-state index contributed by atoms with van der Waals surface area (Å²) < 4.78 is 0. The summed E-state index contributed by atoms with van der Waals surface area (Å²) in [6, 6.07) is 4.00. The monoisotopic (exact) mass is 260 g/mol. The van der Waals surface area contributed by atoms with E-state index in [0.29, 0.717) is 17.5 Å². The highest BCUT2D eigenvalue weighted by Crippen LogP contribution is 2.37. The molecular weight excluding hydrogens is 240 g/mol. The quantitative estimate of drug-likeness (QED) is 0.821. The highest BCUT2D eigenvalue weighted by atomic mass is 16.1. The standard InChI is InChI=1S/C14H20N4O/c15-12-3-1-10-7-18(8-11(10)5-12)13-4-2-9(6-17-13)14(16)19/h2,4,6,10-12H,1,3,5,7-8,15H2,(H2,16,19)/t10-,11+,12?/m1/s1. The van der Waals surface area contributed by atoms with Crippen molar-refractivity contribution in [2.45, 2.75) is 25.3 Å². The number of hydrogen-bond donors (Lipinski definition) is 2. The Morgan fingerprint density at radius 1 is 1.26 bits per heavy atom. The summed E-state index contributed by atoms with van der Waals surface area (Å²) in [5, 5.41) is 0. The third-order valence-corrected chi connectivity index (χ3v) is 4.45. The molecule has 0 bridgehead atoms. The first-order chi connectivity index (χ1) is 9.13. The van der Waals surface area contributed by atoms with Crippen molar-refractivity contribution < 1.29 is 4.79 Å². The Morgan fingerprint density at radius 2 is 2.05 bits per heavy atom. The van der Waals surface area contributed by atoms with E-state index in [1.54, 1.807) is 12.3 Å². The zero-order chi connectivity index (χ0) is 13.4. The minimum Gasteiger partial charge on any atom is -0.366 e. The van der Waals surface area contributed by atoms with Crippen molar-refractivity contribution in [3.05, 3.63) is 23.9 Å². The largest absolute Gasteiger partial charge is 0.366 e. The number of fused-ring (bicyclic) bond motifs is 1. The lowest BCUT2D eigenvalue weighted by Crippen LogP contribution is -2.32. The van der Waals surface area contributed by atoms with Crippen LogP contribution in [0.5, 0.6) is 0 Å². The normalized spacial score (nSPS) is 30.2. The molecule has 4 N–H and O–H groups in total. The topological polar surface area (TPSA) is 85.2 Å². The first-order valence-corrected chi connectivity index (χ1v) is 6.90. The van der Waals surface area contributed by atoms with E-state index in [9.17, 15) is 4.79 Å². The number of nitrogens with zero attached hydrogens (tertiary/aromatic N) is 2. The fourth-order valence-electron chi connectivity index (χ4n) is 3.37. The van der Waals surface area contributed by atoms with Gasteiger partial charge in [0.2, 0.25) is 5.91 Å². The SMILES string of the molecule is NC(=O)c1ccc(N2C[C@H]3CCC(N)C[C@H]3C2)nc1. The summed E-state index contributed by atoms with van der Waals surface area (Å²) in [5.74, 6) is 1.95. The molecule has 5 nitrogen and oxygen atoms in total. The van der Waals surface area contributed by atoms with Gasteiger partial charge < -0.3 is 16.4 Å². The molecule has 1 aromatic heterocycles. The average Bonchev–Trinajstić information content (AvgIpc) is 2.81. The number of hydrogen-bond acceptors (Lipinski definition) is 4. The highest BCUT2D eigenvalue weighted by molar-refractivity contribution is 5.92. The number of primary amides is 1. The minimum atomic E-state index is -0.430. The second-order valence-corrected chi connectivity index (χ2v) is 5.77. The van der Waals surface area contributed by atoms with E-state index in [4.69, 9.17) is 11.5 Å². The van der Waals surface area contributed by atoms with Crippen molar-refractivity contribution in [2.75, 3.05) is 18.0 Å². The van der Waals surface area contributed by atoms with E-state index in [-0.39, 0.29) is 0 Å². The molecule has 0 radical (unpaired) electrons.